The monoisotopic (exact) mass is 413 g/mol. The van der Waals surface area contributed by atoms with E-state index < -0.39 is 5.97 Å². The molecule has 2 aromatic rings. The van der Waals surface area contributed by atoms with Crippen LogP contribution in [0.4, 0.5) is 4.79 Å². The van der Waals surface area contributed by atoms with Gasteiger partial charge in [0.2, 0.25) is 0 Å². The summed E-state index contributed by atoms with van der Waals surface area (Å²) in [5.41, 5.74) is 4.46. The molecular formula is C23H31N3O4. The molecule has 1 saturated carbocycles. The second-order valence-corrected chi connectivity index (χ2v) is 8.70. The van der Waals surface area contributed by atoms with E-state index in [-0.39, 0.29) is 17.9 Å². The molecule has 0 saturated heterocycles. The molecule has 4 rings (SSSR count). The molecular weight excluding hydrogens is 382 g/mol. The molecule has 2 aliphatic rings. The zero-order chi connectivity index (χ0) is 21.4. The van der Waals surface area contributed by atoms with Crippen LogP contribution in [0, 0.1) is 5.92 Å². The predicted molar refractivity (Wildman–Crippen MR) is 114 cm³/mol. The predicted octanol–water partition coefficient (Wildman–Crippen LogP) is 4.49. The molecule has 0 unspecified atom stereocenters. The fourth-order valence-corrected chi connectivity index (χ4v) is 5.03. The largest absolute Gasteiger partial charge is 0.481 e. The minimum atomic E-state index is -0.680. The van der Waals surface area contributed by atoms with Gasteiger partial charge in [-0.05, 0) is 57.1 Å². The summed E-state index contributed by atoms with van der Waals surface area (Å²) in [5.74, 6) is 0.439. The lowest BCUT2D eigenvalue weighted by Crippen LogP contribution is -2.35. The third kappa shape index (κ3) is 3.55. The Morgan fingerprint density at radius 1 is 1.27 bits per heavy atom. The highest BCUT2D eigenvalue weighted by Gasteiger charge is 2.32. The molecule has 1 aromatic heterocycles. The van der Waals surface area contributed by atoms with Gasteiger partial charge in [-0.25, -0.2) is 9.78 Å². The Labute approximate surface area is 177 Å². The van der Waals surface area contributed by atoms with E-state index in [0.717, 1.165) is 48.1 Å². The number of carboxylic acids is 1. The summed E-state index contributed by atoms with van der Waals surface area (Å²) in [6.45, 7) is 5.57. The van der Waals surface area contributed by atoms with Crippen LogP contribution in [0.5, 0.6) is 0 Å². The smallest absolute Gasteiger partial charge is 0.409 e. The Kier molecular flexibility index (Phi) is 5.71. The molecule has 1 atom stereocenters. The summed E-state index contributed by atoms with van der Waals surface area (Å²) in [7, 11) is 1.42. The highest BCUT2D eigenvalue weighted by atomic mass is 16.5. The number of imidazole rings is 1. The number of benzene rings is 1. The van der Waals surface area contributed by atoms with Crippen molar-refractivity contribution < 1.29 is 19.4 Å². The zero-order valence-electron chi connectivity index (χ0n) is 18.1. The number of fused-ring (bicyclic) bond motifs is 3. The van der Waals surface area contributed by atoms with E-state index in [1.165, 1.54) is 12.7 Å². The molecule has 162 valence electrons. The molecule has 7 heteroatoms. The lowest BCUT2D eigenvalue weighted by molar-refractivity contribution is -0.142. The summed E-state index contributed by atoms with van der Waals surface area (Å²) >= 11 is 0. The van der Waals surface area contributed by atoms with E-state index in [1.807, 2.05) is 0 Å². The van der Waals surface area contributed by atoms with E-state index in [2.05, 4.69) is 30.5 Å². The minimum absolute atomic E-state index is 0.232. The van der Waals surface area contributed by atoms with Gasteiger partial charge in [-0.15, -0.1) is 0 Å². The van der Waals surface area contributed by atoms with Gasteiger partial charge in [0.25, 0.3) is 0 Å². The number of rotatable bonds is 4. The van der Waals surface area contributed by atoms with Gasteiger partial charge in [-0.2, -0.15) is 0 Å². The molecule has 1 amide bonds. The maximum absolute atomic E-state index is 12.1. The number of aliphatic carboxylic acids is 1. The third-order valence-electron chi connectivity index (χ3n) is 7.00. The van der Waals surface area contributed by atoms with Crippen LogP contribution in [-0.2, 0) is 22.5 Å². The van der Waals surface area contributed by atoms with Crippen LogP contribution >= 0.6 is 0 Å². The number of hydrogen-bond donors (Lipinski definition) is 1. The Balaban J connectivity index is 1.76. The summed E-state index contributed by atoms with van der Waals surface area (Å²) in [6, 6.07) is 4.66. The van der Waals surface area contributed by atoms with E-state index in [4.69, 9.17) is 9.72 Å². The quantitative estimate of drug-likeness (QED) is 0.798. The lowest BCUT2D eigenvalue weighted by atomic mass is 9.81. The van der Waals surface area contributed by atoms with Gasteiger partial charge in [0.15, 0.2) is 0 Å². The number of ether oxygens (including phenoxy) is 1. The standard InChI is InChI=1S/C23H31N3O4/c1-4-14(2)26-19-10-9-15-11-12-25(23(29)30-3)13-18(15)20(19)24-21(26)16-5-7-17(8-6-16)22(27)28/h9-10,14,16-17H,4-8,11-13H2,1-3H3,(H,27,28)/t14-,16-,17-/m0/s1. The average Bonchev–Trinajstić information content (AvgIpc) is 3.17. The van der Waals surface area contributed by atoms with Crippen molar-refractivity contribution in [2.24, 2.45) is 5.92 Å². The van der Waals surface area contributed by atoms with Crippen LogP contribution in [0.15, 0.2) is 12.1 Å². The number of nitrogens with zero attached hydrogens (tertiary/aromatic N) is 3. The Bertz CT molecular complexity index is 959. The van der Waals surface area contributed by atoms with E-state index in [0.29, 0.717) is 32.0 Å². The second kappa shape index (κ2) is 8.28. The summed E-state index contributed by atoms with van der Waals surface area (Å²) in [6.07, 6.45) is 4.62. The normalized spacial score (nSPS) is 22.6. The Hall–Kier alpha value is -2.57. The van der Waals surface area contributed by atoms with Crippen molar-refractivity contribution >= 4 is 23.1 Å². The van der Waals surface area contributed by atoms with Crippen molar-refractivity contribution in [1.29, 1.82) is 0 Å². The number of amides is 1. The molecule has 2 heterocycles. The summed E-state index contributed by atoms with van der Waals surface area (Å²) < 4.78 is 7.30. The highest BCUT2D eigenvalue weighted by Crippen LogP contribution is 2.39. The first-order chi connectivity index (χ1) is 14.4. The first-order valence-electron chi connectivity index (χ1n) is 11.0. The van der Waals surface area contributed by atoms with Crippen LogP contribution in [0.1, 0.15) is 74.9 Å². The highest BCUT2D eigenvalue weighted by molar-refractivity contribution is 5.82. The average molecular weight is 414 g/mol. The second-order valence-electron chi connectivity index (χ2n) is 8.70. The lowest BCUT2D eigenvalue weighted by Gasteiger charge is -2.28. The van der Waals surface area contributed by atoms with Crippen molar-refractivity contribution in [2.75, 3.05) is 13.7 Å². The van der Waals surface area contributed by atoms with Crippen molar-refractivity contribution in [3.05, 3.63) is 29.1 Å². The molecule has 0 spiro atoms. The molecule has 1 aliphatic heterocycles. The summed E-state index contributed by atoms with van der Waals surface area (Å²) in [4.78, 5) is 30.4. The van der Waals surface area contributed by atoms with Gasteiger partial charge in [0, 0.05) is 24.1 Å². The molecule has 0 radical (unpaired) electrons. The first-order valence-corrected chi connectivity index (χ1v) is 11.0. The fraction of sp³-hybridized carbons (Fsp3) is 0.609. The molecule has 1 aliphatic carbocycles. The first kappa shape index (κ1) is 20.7. The van der Waals surface area contributed by atoms with E-state index in [1.54, 1.807) is 4.90 Å². The summed E-state index contributed by atoms with van der Waals surface area (Å²) in [5, 5.41) is 9.35. The third-order valence-corrected chi connectivity index (χ3v) is 7.00. The van der Waals surface area contributed by atoms with Crippen LogP contribution < -0.4 is 0 Å². The van der Waals surface area contributed by atoms with Gasteiger partial charge in [0.1, 0.15) is 5.82 Å². The molecule has 0 bridgehead atoms. The maximum atomic E-state index is 12.1. The van der Waals surface area contributed by atoms with E-state index in [9.17, 15) is 14.7 Å². The Morgan fingerprint density at radius 2 is 2.00 bits per heavy atom. The number of carbonyl (C=O) groups excluding carboxylic acids is 1. The fourth-order valence-electron chi connectivity index (χ4n) is 5.03. The van der Waals surface area contributed by atoms with Gasteiger partial charge in [-0.3, -0.25) is 4.79 Å². The van der Waals surface area contributed by atoms with Crippen molar-refractivity contribution in [3.8, 4) is 0 Å². The van der Waals surface area contributed by atoms with Crippen LogP contribution in [-0.4, -0.2) is 45.3 Å². The van der Waals surface area contributed by atoms with Gasteiger partial charge in [0.05, 0.1) is 30.6 Å². The minimum Gasteiger partial charge on any atom is -0.481 e. The van der Waals surface area contributed by atoms with E-state index >= 15 is 0 Å². The molecule has 30 heavy (non-hydrogen) atoms. The number of carbonyl (C=O) groups is 2. The molecule has 7 nitrogen and oxygen atoms in total. The molecule has 1 aromatic carbocycles. The van der Waals surface area contributed by atoms with Crippen molar-refractivity contribution in [2.45, 2.75) is 70.9 Å². The number of methoxy groups -OCH3 is 1. The van der Waals surface area contributed by atoms with Crippen LogP contribution in [0.3, 0.4) is 0 Å². The van der Waals surface area contributed by atoms with Crippen molar-refractivity contribution in [3.63, 3.8) is 0 Å². The molecule has 1 N–H and O–H groups in total. The molecule has 1 fully saturated rings. The maximum Gasteiger partial charge on any atom is 0.409 e. The van der Waals surface area contributed by atoms with Gasteiger partial charge >= 0.3 is 12.1 Å². The van der Waals surface area contributed by atoms with Gasteiger partial charge in [-0.1, -0.05) is 13.0 Å². The number of carboxylic acid groups (broad SMARTS) is 1. The van der Waals surface area contributed by atoms with Gasteiger partial charge < -0.3 is 19.3 Å². The number of hydrogen-bond acceptors (Lipinski definition) is 4. The Morgan fingerprint density at radius 3 is 2.63 bits per heavy atom. The zero-order valence-corrected chi connectivity index (χ0v) is 18.1. The number of aromatic nitrogens is 2. The topological polar surface area (TPSA) is 84.7 Å². The van der Waals surface area contributed by atoms with Crippen molar-refractivity contribution in [1.82, 2.24) is 14.5 Å². The van der Waals surface area contributed by atoms with Crippen LogP contribution in [0.25, 0.3) is 11.0 Å². The van der Waals surface area contributed by atoms with Crippen LogP contribution in [0.2, 0.25) is 0 Å². The SMILES string of the molecule is CC[C@H](C)n1c2ccc3c(c2nc1[C@H]1CC[C@H](C(=O)O)CC1)CN(C(=O)OC)CC3.